The van der Waals surface area contributed by atoms with E-state index in [1.165, 1.54) is 36.5 Å². The number of hydrogen-bond donors (Lipinski definition) is 2. The lowest BCUT2D eigenvalue weighted by Crippen LogP contribution is -2.15. The predicted octanol–water partition coefficient (Wildman–Crippen LogP) is 3.39. The van der Waals surface area contributed by atoms with Gasteiger partial charge in [-0.25, -0.2) is 0 Å². The van der Waals surface area contributed by atoms with Crippen molar-refractivity contribution in [2.45, 2.75) is 6.18 Å². The van der Waals surface area contributed by atoms with Gasteiger partial charge in [0, 0.05) is 17.4 Å². The molecule has 0 fully saturated rings. The van der Waals surface area contributed by atoms with Crippen molar-refractivity contribution in [3.8, 4) is 11.3 Å². The lowest BCUT2D eigenvalue weighted by molar-refractivity contribution is -0.137. The molecule has 3 rings (SSSR count). The van der Waals surface area contributed by atoms with Crippen molar-refractivity contribution < 1.29 is 18.0 Å². The average molecular weight is 359 g/mol. The topological polar surface area (TPSA) is 93.8 Å². The van der Waals surface area contributed by atoms with Crippen molar-refractivity contribution in [1.82, 2.24) is 15.2 Å². The van der Waals surface area contributed by atoms with Gasteiger partial charge in [-0.05, 0) is 36.4 Å². The van der Waals surface area contributed by atoms with Crippen LogP contribution in [0.3, 0.4) is 0 Å². The summed E-state index contributed by atoms with van der Waals surface area (Å²) in [6.45, 7) is 0. The minimum absolute atomic E-state index is 0.124. The van der Waals surface area contributed by atoms with Gasteiger partial charge in [0.15, 0.2) is 5.82 Å². The van der Waals surface area contributed by atoms with Gasteiger partial charge in [0.2, 0.25) is 0 Å². The van der Waals surface area contributed by atoms with Gasteiger partial charge in [0.1, 0.15) is 5.69 Å². The SMILES string of the molecule is Nc1ccnc(C(=O)Nc2ccc(-c3ccc(C(F)(F)F)cc3)nn2)c1. The maximum absolute atomic E-state index is 12.6. The first kappa shape index (κ1) is 17.3. The summed E-state index contributed by atoms with van der Waals surface area (Å²) in [6, 6.07) is 10.6. The number of carbonyl (C=O) groups is 1. The number of nitrogen functional groups attached to an aromatic ring is 1. The molecule has 2 aromatic heterocycles. The van der Waals surface area contributed by atoms with E-state index in [9.17, 15) is 18.0 Å². The van der Waals surface area contributed by atoms with E-state index < -0.39 is 17.6 Å². The zero-order valence-electron chi connectivity index (χ0n) is 13.2. The Labute approximate surface area is 145 Å². The zero-order chi connectivity index (χ0) is 18.7. The van der Waals surface area contributed by atoms with Crippen LogP contribution in [0.2, 0.25) is 0 Å². The Morgan fingerprint density at radius 3 is 2.31 bits per heavy atom. The van der Waals surface area contributed by atoms with Crippen LogP contribution in [0, 0.1) is 0 Å². The van der Waals surface area contributed by atoms with Crippen LogP contribution >= 0.6 is 0 Å². The Hall–Kier alpha value is -3.49. The molecule has 0 bridgehead atoms. The Morgan fingerprint density at radius 1 is 1.00 bits per heavy atom. The van der Waals surface area contributed by atoms with Gasteiger partial charge in [-0.1, -0.05) is 12.1 Å². The second-order valence-corrected chi connectivity index (χ2v) is 5.31. The Balaban J connectivity index is 1.73. The summed E-state index contributed by atoms with van der Waals surface area (Å²) >= 11 is 0. The number of rotatable bonds is 3. The molecule has 0 saturated carbocycles. The molecule has 0 aliphatic carbocycles. The van der Waals surface area contributed by atoms with Crippen molar-refractivity contribution in [3.05, 3.63) is 66.0 Å². The highest BCUT2D eigenvalue weighted by molar-refractivity contribution is 6.02. The fraction of sp³-hybridized carbons (Fsp3) is 0.0588. The number of halogens is 3. The largest absolute Gasteiger partial charge is 0.416 e. The molecular weight excluding hydrogens is 347 g/mol. The van der Waals surface area contributed by atoms with E-state index in [2.05, 4.69) is 20.5 Å². The number of benzene rings is 1. The number of alkyl halides is 3. The molecule has 26 heavy (non-hydrogen) atoms. The van der Waals surface area contributed by atoms with Gasteiger partial charge in [-0.2, -0.15) is 13.2 Å². The first-order valence-corrected chi connectivity index (χ1v) is 7.37. The molecule has 0 atom stereocenters. The van der Waals surface area contributed by atoms with Gasteiger partial charge in [-0.3, -0.25) is 9.78 Å². The van der Waals surface area contributed by atoms with E-state index in [0.29, 0.717) is 16.9 Å². The summed E-state index contributed by atoms with van der Waals surface area (Å²) in [5.41, 5.74) is 6.22. The molecular formula is C17H12F3N5O. The van der Waals surface area contributed by atoms with Crippen molar-refractivity contribution in [3.63, 3.8) is 0 Å². The number of pyridine rings is 1. The lowest BCUT2D eigenvalue weighted by atomic mass is 10.1. The first-order chi connectivity index (χ1) is 12.3. The number of nitrogens with one attached hydrogen (secondary N) is 1. The third-order valence-electron chi connectivity index (χ3n) is 3.43. The normalized spacial score (nSPS) is 11.2. The molecule has 6 nitrogen and oxygen atoms in total. The third kappa shape index (κ3) is 3.94. The highest BCUT2D eigenvalue weighted by Crippen LogP contribution is 2.30. The fourth-order valence-electron chi connectivity index (χ4n) is 2.13. The van der Waals surface area contributed by atoms with Crippen molar-refractivity contribution >= 4 is 17.4 Å². The second-order valence-electron chi connectivity index (χ2n) is 5.31. The molecule has 2 heterocycles. The molecule has 1 aromatic carbocycles. The molecule has 132 valence electrons. The first-order valence-electron chi connectivity index (χ1n) is 7.37. The number of nitrogens with zero attached hydrogens (tertiary/aromatic N) is 3. The standard InChI is InChI=1S/C17H12F3N5O/c18-17(19,20)11-3-1-10(2-4-11)13-5-6-15(25-24-13)23-16(26)14-9-12(21)7-8-22-14/h1-9H,(H2,21,22)(H,23,25,26). The fourth-order valence-corrected chi connectivity index (χ4v) is 2.13. The average Bonchev–Trinajstić information content (AvgIpc) is 2.62. The van der Waals surface area contributed by atoms with Crippen LogP contribution in [0.4, 0.5) is 24.7 Å². The van der Waals surface area contributed by atoms with Crippen LogP contribution in [0.15, 0.2) is 54.7 Å². The summed E-state index contributed by atoms with van der Waals surface area (Å²) in [7, 11) is 0. The summed E-state index contributed by atoms with van der Waals surface area (Å²) < 4.78 is 37.7. The molecule has 0 unspecified atom stereocenters. The van der Waals surface area contributed by atoms with Gasteiger partial charge in [0.25, 0.3) is 5.91 Å². The summed E-state index contributed by atoms with van der Waals surface area (Å²) in [6.07, 6.45) is -2.99. The highest BCUT2D eigenvalue weighted by atomic mass is 19.4. The number of hydrogen-bond acceptors (Lipinski definition) is 5. The lowest BCUT2D eigenvalue weighted by Gasteiger charge is -2.08. The van der Waals surface area contributed by atoms with Gasteiger partial charge in [-0.15, -0.1) is 10.2 Å². The molecule has 1 amide bonds. The molecule has 3 aromatic rings. The number of aromatic nitrogens is 3. The van der Waals surface area contributed by atoms with Crippen molar-refractivity contribution in [1.29, 1.82) is 0 Å². The van der Waals surface area contributed by atoms with Crippen molar-refractivity contribution in [2.24, 2.45) is 0 Å². The Kier molecular flexibility index (Phi) is 4.53. The molecule has 0 spiro atoms. The molecule has 0 aliphatic heterocycles. The minimum Gasteiger partial charge on any atom is -0.399 e. The van der Waals surface area contributed by atoms with E-state index in [1.54, 1.807) is 6.07 Å². The highest BCUT2D eigenvalue weighted by Gasteiger charge is 2.30. The molecule has 9 heteroatoms. The molecule has 0 aliphatic rings. The third-order valence-corrected chi connectivity index (χ3v) is 3.43. The predicted molar refractivity (Wildman–Crippen MR) is 89.1 cm³/mol. The van der Waals surface area contributed by atoms with Gasteiger partial charge >= 0.3 is 6.18 Å². The van der Waals surface area contributed by atoms with Crippen molar-refractivity contribution in [2.75, 3.05) is 11.1 Å². The summed E-state index contributed by atoms with van der Waals surface area (Å²) in [5.74, 6) is -0.330. The van der Waals surface area contributed by atoms with E-state index in [1.807, 2.05) is 0 Å². The Bertz CT molecular complexity index is 924. The number of amides is 1. The molecule has 3 N–H and O–H groups in total. The monoisotopic (exact) mass is 359 g/mol. The summed E-state index contributed by atoms with van der Waals surface area (Å²) in [5, 5.41) is 10.3. The van der Waals surface area contributed by atoms with Gasteiger partial charge < -0.3 is 11.1 Å². The van der Waals surface area contributed by atoms with E-state index in [0.717, 1.165) is 12.1 Å². The Morgan fingerprint density at radius 2 is 1.73 bits per heavy atom. The number of anilines is 2. The number of nitrogens with two attached hydrogens (primary N) is 1. The number of carbonyl (C=O) groups excluding carboxylic acids is 1. The van der Waals surface area contributed by atoms with E-state index in [4.69, 9.17) is 5.73 Å². The quantitative estimate of drug-likeness (QED) is 0.748. The van der Waals surface area contributed by atoms with E-state index in [-0.39, 0.29) is 11.5 Å². The minimum atomic E-state index is -4.40. The summed E-state index contributed by atoms with van der Waals surface area (Å²) in [4.78, 5) is 15.9. The van der Waals surface area contributed by atoms with Crippen LogP contribution in [0.1, 0.15) is 16.1 Å². The molecule has 0 saturated heterocycles. The van der Waals surface area contributed by atoms with Crippen LogP contribution in [-0.4, -0.2) is 21.1 Å². The zero-order valence-corrected chi connectivity index (χ0v) is 13.2. The maximum atomic E-state index is 12.6. The van der Waals surface area contributed by atoms with Crippen LogP contribution < -0.4 is 11.1 Å². The van der Waals surface area contributed by atoms with Crippen LogP contribution in [-0.2, 0) is 6.18 Å². The van der Waals surface area contributed by atoms with E-state index >= 15 is 0 Å². The molecule has 0 radical (unpaired) electrons. The smallest absolute Gasteiger partial charge is 0.399 e. The second kappa shape index (κ2) is 6.79. The van der Waals surface area contributed by atoms with Crippen LogP contribution in [0.5, 0.6) is 0 Å². The van der Waals surface area contributed by atoms with Crippen LogP contribution in [0.25, 0.3) is 11.3 Å². The maximum Gasteiger partial charge on any atom is 0.416 e. The van der Waals surface area contributed by atoms with Gasteiger partial charge in [0.05, 0.1) is 11.3 Å².